The summed E-state index contributed by atoms with van der Waals surface area (Å²) in [6.07, 6.45) is 3.06. The van der Waals surface area contributed by atoms with Gasteiger partial charge in [-0.25, -0.2) is 0 Å². The molecule has 0 radical (unpaired) electrons. The zero-order valence-corrected chi connectivity index (χ0v) is 14.8. The van der Waals surface area contributed by atoms with Crippen LogP contribution in [0.1, 0.15) is 31.7 Å². The first-order chi connectivity index (χ1) is 10.7. The number of likely N-dealkylation sites (tertiary alicyclic amines) is 1. The first kappa shape index (κ1) is 17.7. The van der Waals surface area contributed by atoms with Crippen molar-refractivity contribution in [1.82, 2.24) is 9.80 Å². The molecular formula is C16H26ClN3OS. The second kappa shape index (κ2) is 8.87. The third-order valence-corrected chi connectivity index (χ3v) is 5.48. The van der Waals surface area contributed by atoms with Gasteiger partial charge < -0.3 is 15.5 Å². The molecule has 6 heteroatoms. The van der Waals surface area contributed by atoms with Crippen molar-refractivity contribution in [2.24, 2.45) is 5.73 Å². The maximum Gasteiger partial charge on any atom is 0.238 e. The Bertz CT molecular complexity index is 446. The van der Waals surface area contributed by atoms with Crippen molar-refractivity contribution >= 4 is 28.8 Å². The lowest BCUT2D eigenvalue weighted by Gasteiger charge is -2.40. The number of nitrogens with two attached hydrogens (primary N) is 1. The predicted molar refractivity (Wildman–Crippen MR) is 93.3 cm³/mol. The lowest BCUT2D eigenvalue weighted by molar-refractivity contribution is -0.132. The molecule has 1 amide bonds. The van der Waals surface area contributed by atoms with E-state index in [1.807, 2.05) is 4.90 Å². The quantitative estimate of drug-likeness (QED) is 0.774. The topological polar surface area (TPSA) is 49.6 Å². The molecule has 2 heterocycles. The van der Waals surface area contributed by atoms with Crippen molar-refractivity contribution < 1.29 is 4.79 Å². The Hall–Kier alpha value is -0.620. The van der Waals surface area contributed by atoms with Crippen LogP contribution in [-0.2, 0) is 11.3 Å². The summed E-state index contributed by atoms with van der Waals surface area (Å²) in [7, 11) is 0. The van der Waals surface area contributed by atoms with Gasteiger partial charge in [0, 0.05) is 31.7 Å². The summed E-state index contributed by atoms with van der Waals surface area (Å²) in [5.74, 6) is 0.106. The number of halogens is 1. The minimum atomic E-state index is 0.0429. The molecule has 1 aliphatic heterocycles. The third kappa shape index (κ3) is 4.69. The van der Waals surface area contributed by atoms with Crippen LogP contribution in [0, 0.1) is 0 Å². The summed E-state index contributed by atoms with van der Waals surface area (Å²) in [4.78, 5) is 16.7. The van der Waals surface area contributed by atoms with Gasteiger partial charge in [0.2, 0.25) is 5.91 Å². The molecule has 124 valence electrons. The number of carbonyl (C=O) groups excluding carboxylic acids is 1. The molecule has 1 aromatic heterocycles. The number of hydrogen-bond donors (Lipinski definition) is 1. The number of hydrogen-bond acceptors (Lipinski definition) is 4. The van der Waals surface area contributed by atoms with E-state index < -0.39 is 0 Å². The van der Waals surface area contributed by atoms with Crippen LogP contribution in [0.4, 0.5) is 0 Å². The fourth-order valence-corrected chi connectivity index (χ4v) is 3.95. The SMILES string of the molecule is CC(CCN)N1CCC(N(Cc2ccsc2)C(=O)CCl)CC1. The Morgan fingerprint density at radius 3 is 2.82 bits per heavy atom. The fourth-order valence-electron chi connectivity index (χ4n) is 3.14. The number of rotatable bonds is 7. The molecule has 1 aliphatic rings. The van der Waals surface area contributed by atoms with Crippen LogP contribution in [0.25, 0.3) is 0 Å². The second-order valence-corrected chi connectivity index (χ2v) is 7.03. The van der Waals surface area contributed by atoms with E-state index in [-0.39, 0.29) is 11.8 Å². The molecular weight excluding hydrogens is 318 g/mol. The smallest absolute Gasteiger partial charge is 0.238 e. The molecule has 1 atom stereocenters. The van der Waals surface area contributed by atoms with Crippen molar-refractivity contribution in [3.05, 3.63) is 22.4 Å². The van der Waals surface area contributed by atoms with Crippen LogP contribution < -0.4 is 5.73 Å². The van der Waals surface area contributed by atoms with E-state index in [9.17, 15) is 4.79 Å². The summed E-state index contributed by atoms with van der Waals surface area (Å²) in [6.45, 7) is 5.71. The number of nitrogens with zero attached hydrogens (tertiary/aromatic N) is 2. The predicted octanol–water partition coefficient (Wildman–Crippen LogP) is 2.52. The first-order valence-electron chi connectivity index (χ1n) is 7.96. The monoisotopic (exact) mass is 343 g/mol. The lowest BCUT2D eigenvalue weighted by Crippen LogP contribution is -2.49. The van der Waals surface area contributed by atoms with Crippen molar-refractivity contribution in [1.29, 1.82) is 0 Å². The molecule has 1 unspecified atom stereocenters. The summed E-state index contributed by atoms with van der Waals surface area (Å²) >= 11 is 7.48. The van der Waals surface area contributed by atoms with Gasteiger partial charge in [-0.3, -0.25) is 4.79 Å². The van der Waals surface area contributed by atoms with Gasteiger partial charge in [0.25, 0.3) is 0 Å². The number of thiophene rings is 1. The zero-order chi connectivity index (χ0) is 15.9. The molecule has 0 aliphatic carbocycles. The van der Waals surface area contributed by atoms with Crippen molar-refractivity contribution in [2.75, 3.05) is 25.5 Å². The molecule has 1 saturated heterocycles. The molecule has 0 spiro atoms. The lowest BCUT2D eigenvalue weighted by atomic mass is 10.00. The van der Waals surface area contributed by atoms with Gasteiger partial charge in [-0.2, -0.15) is 11.3 Å². The third-order valence-electron chi connectivity index (χ3n) is 4.52. The minimum absolute atomic E-state index is 0.0429. The second-order valence-electron chi connectivity index (χ2n) is 5.98. The molecule has 2 rings (SSSR count). The van der Waals surface area contributed by atoms with Gasteiger partial charge >= 0.3 is 0 Å². The average Bonchev–Trinajstić information content (AvgIpc) is 3.05. The van der Waals surface area contributed by atoms with E-state index in [1.54, 1.807) is 11.3 Å². The molecule has 1 fully saturated rings. The largest absolute Gasteiger partial charge is 0.334 e. The highest BCUT2D eigenvalue weighted by atomic mass is 35.5. The number of piperidine rings is 1. The van der Waals surface area contributed by atoms with Gasteiger partial charge in [0.15, 0.2) is 0 Å². The van der Waals surface area contributed by atoms with E-state index in [0.717, 1.165) is 38.9 Å². The zero-order valence-electron chi connectivity index (χ0n) is 13.2. The molecule has 0 saturated carbocycles. The van der Waals surface area contributed by atoms with Gasteiger partial charge in [-0.15, -0.1) is 11.6 Å². The van der Waals surface area contributed by atoms with Crippen molar-refractivity contribution in [2.45, 2.75) is 44.8 Å². The van der Waals surface area contributed by atoms with Crippen LogP contribution in [0.15, 0.2) is 16.8 Å². The molecule has 22 heavy (non-hydrogen) atoms. The van der Waals surface area contributed by atoms with Crippen molar-refractivity contribution in [3.63, 3.8) is 0 Å². The minimum Gasteiger partial charge on any atom is -0.334 e. The summed E-state index contributed by atoms with van der Waals surface area (Å²) < 4.78 is 0. The highest BCUT2D eigenvalue weighted by Crippen LogP contribution is 2.22. The number of alkyl halides is 1. The Kier molecular flexibility index (Phi) is 7.15. The molecule has 0 aromatic carbocycles. The van der Waals surface area contributed by atoms with Crippen molar-refractivity contribution in [3.8, 4) is 0 Å². The first-order valence-corrected chi connectivity index (χ1v) is 9.44. The summed E-state index contributed by atoms with van der Waals surface area (Å²) in [5.41, 5.74) is 6.85. The highest BCUT2D eigenvalue weighted by molar-refractivity contribution is 7.07. The maximum absolute atomic E-state index is 12.2. The van der Waals surface area contributed by atoms with E-state index in [2.05, 4.69) is 28.7 Å². The van der Waals surface area contributed by atoms with Crippen LogP contribution in [0.3, 0.4) is 0 Å². The van der Waals surface area contributed by atoms with E-state index in [4.69, 9.17) is 17.3 Å². The average molecular weight is 344 g/mol. The molecule has 4 nitrogen and oxygen atoms in total. The standard InChI is InChI=1S/C16H26ClN3OS/c1-13(2-6-18)19-7-3-15(4-8-19)20(16(21)10-17)11-14-5-9-22-12-14/h5,9,12-13,15H,2-4,6-8,10-11,18H2,1H3. The Labute approximate surface area is 142 Å². The van der Waals surface area contributed by atoms with E-state index >= 15 is 0 Å². The Balaban J connectivity index is 1.94. The normalized spacial score (nSPS) is 18.3. The van der Waals surface area contributed by atoms with E-state index in [1.165, 1.54) is 5.56 Å². The van der Waals surface area contributed by atoms with Crippen LogP contribution >= 0.6 is 22.9 Å². The van der Waals surface area contributed by atoms with Crippen LogP contribution in [0.2, 0.25) is 0 Å². The molecule has 1 aromatic rings. The molecule has 2 N–H and O–H groups in total. The van der Waals surface area contributed by atoms with Gasteiger partial charge in [0.1, 0.15) is 5.88 Å². The summed E-state index contributed by atoms with van der Waals surface area (Å²) in [6, 6.07) is 2.91. The summed E-state index contributed by atoms with van der Waals surface area (Å²) in [5, 5.41) is 4.16. The number of carbonyl (C=O) groups is 1. The van der Waals surface area contributed by atoms with Gasteiger partial charge in [-0.05, 0) is 55.1 Å². The van der Waals surface area contributed by atoms with Crippen LogP contribution in [-0.4, -0.2) is 53.3 Å². The highest BCUT2D eigenvalue weighted by Gasteiger charge is 2.29. The molecule has 0 bridgehead atoms. The van der Waals surface area contributed by atoms with E-state index in [0.29, 0.717) is 18.6 Å². The maximum atomic E-state index is 12.2. The van der Waals surface area contributed by atoms with Gasteiger partial charge in [0.05, 0.1) is 0 Å². The fraction of sp³-hybridized carbons (Fsp3) is 0.688. The number of amides is 1. The Morgan fingerprint density at radius 2 is 2.27 bits per heavy atom. The van der Waals surface area contributed by atoms with Gasteiger partial charge in [-0.1, -0.05) is 0 Å². The van der Waals surface area contributed by atoms with Crippen LogP contribution in [0.5, 0.6) is 0 Å². The Morgan fingerprint density at radius 1 is 1.55 bits per heavy atom.